The Morgan fingerprint density at radius 1 is 0.773 bits per heavy atom. The SMILES string of the molecule is OB(Oc1ccccc1)c1cccc2c1[nH]c1ccccc12. The van der Waals surface area contributed by atoms with Crippen molar-refractivity contribution >= 4 is 34.4 Å². The molecule has 4 aromatic rings. The Balaban J connectivity index is 1.81. The Hall–Kier alpha value is -2.72. The number of fused-ring (bicyclic) bond motifs is 3. The summed E-state index contributed by atoms with van der Waals surface area (Å²) < 4.78 is 5.64. The maximum Gasteiger partial charge on any atom is 0.562 e. The van der Waals surface area contributed by atoms with E-state index in [4.69, 9.17) is 4.65 Å². The zero-order valence-corrected chi connectivity index (χ0v) is 11.9. The van der Waals surface area contributed by atoms with Crippen molar-refractivity contribution in [2.75, 3.05) is 0 Å². The monoisotopic (exact) mass is 287 g/mol. The number of para-hydroxylation sites is 3. The van der Waals surface area contributed by atoms with Crippen molar-refractivity contribution in [1.82, 2.24) is 4.98 Å². The molecule has 0 fully saturated rings. The lowest BCUT2D eigenvalue weighted by Crippen LogP contribution is -2.37. The second-order valence-corrected chi connectivity index (χ2v) is 5.22. The fraction of sp³-hybridized carbons (Fsp3) is 0. The highest BCUT2D eigenvalue weighted by molar-refractivity contribution is 6.64. The molecule has 0 aliphatic rings. The van der Waals surface area contributed by atoms with Crippen molar-refractivity contribution in [3.63, 3.8) is 0 Å². The van der Waals surface area contributed by atoms with Crippen LogP contribution >= 0.6 is 0 Å². The first-order chi connectivity index (χ1) is 10.8. The van der Waals surface area contributed by atoms with Gasteiger partial charge >= 0.3 is 7.12 Å². The van der Waals surface area contributed by atoms with Crippen LogP contribution < -0.4 is 10.1 Å². The molecular weight excluding hydrogens is 273 g/mol. The third kappa shape index (κ3) is 2.14. The first kappa shape index (κ1) is 13.0. The molecule has 106 valence electrons. The van der Waals surface area contributed by atoms with Crippen LogP contribution in [0.4, 0.5) is 0 Å². The van der Waals surface area contributed by atoms with Gasteiger partial charge in [-0.25, -0.2) is 0 Å². The smallest absolute Gasteiger partial charge is 0.532 e. The van der Waals surface area contributed by atoms with Crippen LogP contribution in [0.15, 0.2) is 72.8 Å². The Morgan fingerprint density at radius 2 is 1.50 bits per heavy atom. The summed E-state index contributed by atoms with van der Waals surface area (Å²) in [5.74, 6) is 0.642. The van der Waals surface area contributed by atoms with Crippen LogP contribution in [-0.2, 0) is 0 Å². The number of nitrogens with one attached hydrogen (secondary N) is 1. The van der Waals surface area contributed by atoms with Gasteiger partial charge in [0.25, 0.3) is 0 Å². The molecular formula is C18H14BNO2. The quantitative estimate of drug-likeness (QED) is 0.569. The standard InChI is InChI=1S/C18H14BNO2/c21-19(22-13-7-2-1-3-8-13)16-11-6-10-15-14-9-4-5-12-17(14)20-18(15)16/h1-12,20-21H. The minimum Gasteiger partial charge on any atom is -0.532 e. The maximum atomic E-state index is 10.5. The van der Waals surface area contributed by atoms with Gasteiger partial charge in [0.15, 0.2) is 0 Å². The average Bonchev–Trinajstić information content (AvgIpc) is 2.94. The van der Waals surface area contributed by atoms with Crippen molar-refractivity contribution in [2.24, 2.45) is 0 Å². The summed E-state index contributed by atoms with van der Waals surface area (Å²) in [6.45, 7) is 0. The van der Waals surface area contributed by atoms with Gasteiger partial charge in [-0.05, 0) is 18.2 Å². The molecule has 0 spiro atoms. The van der Waals surface area contributed by atoms with Crippen molar-refractivity contribution in [1.29, 1.82) is 0 Å². The number of rotatable bonds is 3. The third-order valence-electron chi connectivity index (χ3n) is 3.83. The molecule has 1 heterocycles. The Morgan fingerprint density at radius 3 is 2.36 bits per heavy atom. The number of H-pyrrole nitrogens is 1. The number of hydrogen-bond acceptors (Lipinski definition) is 2. The Kier molecular flexibility index (Phi) is 3.09. The van der Waals surface area contributed by atoms with E-state index < -0.39 is 7.12 Å². The zero-order valence-electron chi connectivity index (χ0n) is 11.9. The number of hydrogen-bond donors (Lipinski definition) is 2. The van der Waals surface area contributed by atoms with Crippen molar-refractivity contribution in [2.45, 2.75) is 0 Å². The van der Waals surface area contributed by atoms with Gasteiger partial charge in [-0.15, -0.1) is 0 Å². The molecule has 0 saturated heterocycles. The molecule has 3 aromatic carbocycles. The first-order valence-corrected chi connectivity index (χ1v) is 7.22. The molecule has 1 aromatic heterocycles. The van der Waals surface area contributed by atoms with Gasteiger partial charge in [0.2, 0.25) is 0 Å². The summed E-state index contributed by atoms with van der Waals surface area (Å²) in [6.07, 6.45) is 0. The summed E-state index contributed by atoms with van der Waals surface area (Å²) in [7, 11) is -1.01. The highest BCUT2D eigenvalue weighted by atomic mass is 16.5. The topological polar surface area (TPSA) is 45.2 Å². The Bertz CT molecular complexity index is 934. The average molecular weight is 287 g/mol. The van der Waals surface area contributed by atoms with Gasteiger partial charge in [0.05, 0.1) is 0 Å². The minimum atomic E-state index is -1.01. The minimum absolute atomic E-state index is 0.642. The van der Waals surface area contributed by atoms with E-state index in [1.165, 1.54) is 0 Å². The lowest BCUT2D eigenvalue weighted by Gasteiger charge is -2.10. The molecule has 0 amide bonds. The van der Waals surface area contributed by atoms with Crippen molar-refractivity contribution < 1.29 is 9.68 Å². The number of benzene rings is 3. The second kappa shape index (κ2) is 5.24. The molecule has 22 heavy (non-hydrogen) atoms. The van der Waals surface area contributed by atoms with Gasteiger partial charge in [-0.3, -0.25) is 0 Å². The van der Waals surface area contributed by atoms with Crippen LogP contribution in [0.3, 0.4) is 0 Å². The van der Waals surface area contributed by atoms with Crippen LogP contribution in [0, 0.1) is 0 Å². The predicted molar refractivity (Wildman–Crippen MR) is 90.5 cm³/mol. The van der Waals surface area contributed by atoms with Crippen LogP contribution in [0.1, 0.15) is 0 Å². The summed E-state index contributed by atoms with van der Waals surface area (Å²) in [4.78, 5) is 3.37. The van der Waals surface area contributed by atoms with Gasteiger partial charge in [-0.1, -0.05) is 54.6 Å². The van der Waals surface area contributed by atoms with Crippen LogP contribution in [-0.4, -0.2) is 17.1 Å². The van der Waals surface area contributed by atoms with Crippen LogP contribution in [0.5, 0.6) is 5.75 Å². The van der Waals surface area contributed by atoms with Gasteiger partial charge in [-0.2, -0.15) is 0 Å². The fourth-order valence-electron chi connectivity index (χ4n) is 2.79. The molecule has 2 N–H and O–H groups in total. The molecule has 0 bridgehead atoms. The molecule has 4 rings (SSSR count). The molecule has 0 atom stereocenters. The van der Waals surface area contributed by atoms with E-state index in [0.717, 1.165) is 27.3 Å². The third-order valence-corrected chi connectivity index (χ3v) is 3.83. The second-order valence-electron chi connectivity index (χ2n) is 5.22. The van der Waals surface area contributed by atoms with Crippen molar-refractivity contribution in [3.8, 4) is 5.75 Å². The fourth-order valence-corrected chi connectivity index (χ4v) is 2.79. The van der Waals surface area contributed by atoms with E-state index in [0.29, 0.717) is 5.75 Å². The van der Waals surface area contributed by atoms with Crippen LogP contribution in [0.25, 0.3) is 21.8 Å². The molecule has 0 unspecified atom stereocenters. The van der Waals surface area contributed by atoms with E-state index in [-0.39, 0.29) is 0 Å². The van der Waals surface area contributed by atoms with E-state index in [9.17, 15) is 5.02 Å². The van der Waals surface area contributed by atoms with Gasteiger partial charge in [0.1, 0.15) is 5.75 Å². The summed E-state index contributed by atoms with van der Waals surface area (Å²) >= 11 is 0. The highest BCUT2D eigenvalue weighted by Crippen LogP contribution is 2.24. The predicted octanol–water partition coefficient (Wildman–Crippen LogP) is 3.09. The maximum absolute atomic E-state index is 10.5. The molecule has 0 saturated carbocycles. The van der Waals surface area contributed by atoms with Crippen LogP contribution in [0.2, 0.25) is 0 Å². The molecule has 4 heteroatoms. The number of aromatic amines is 1. The van der Waals surface area contributed by atoms with E-state index in [1.54, 1.807) is 0 Å². The normalized spacial score (nSPS) is 11.0. The van der Waals surface area contributed by atoms with Gasteiger partial charge in [0, 0.05) is 27.3 Å². The summed E-state index contributed by atoms with van der Waals surface area (Å²) in [6, 6.07) is 23.3. The lowest BCUT2D eigenvalue weighted by molar-refractivity contribution is 0.433. The Labute approximate surface area is 128 Å². The molecule has 0 radical (unpaired) electrons. The van der Waals surface area contributed by atoms with E-state index in [1.807, 2.05) is 66.7 Å². The van der Waals surface area contributed by atoms with E-state index >= 15 is 0 Å². The molecule has 0 aliphatic carbocycles. The highest BCUT2D eigenvalue weighted by Gasteiger charge is 2.23. The lowest BCUT2D eigenvalue weighted by atomic mass is 9.78. The summed E-state index contributed by atoms with van der Waals surface area (Å²) in [5.41, 5.74) is 2.70. The van der Waals surface area contributed by atoms with E-state index in [2.05, 4.69) is 11.1 Å². The summed E-state index contributed by atoms with van der Waals surface area (Å²) in [5, 5.41) is 12.7. The molecule has 0 aliphatic heterocycles. The van der Waals surface area contributed by atoms with Crippen molar-refractivity contribution in [3.05, 3.63) is 72.8 Å². The molecule has 3 nitrogen and oxygen atoms in total. The van der Waals surface area contributed by atoms with Gasteiger partial charge < -0.3 is 14.7 Å². The number of aromatic nitrogens is 1. The first-order valence-electron chi connectivity index (χ1n) is 7.22. The zero-order chi connectivity index (χ0) is 14.9. The largest absolute Gasteiger partial charge is 0.562 e.